The lowest BCUT2D eigenvalue weighted by Crippen LogP contribution is -2.53. The molecule has 0 N–H and O–H groups in total. The quantitative estimate of drug-likeness (QED) is 0.501. The topological polar surface area (TPSA) is 0 Å². The van der Waals surface area contributed by atoms with Gasteiger partial charge in [-0.1, -0.05) is 69.3 Å². The van der Waals surface area contributed by atoms with Crippen molar-refractivity contribution in [3.05, 3.63) is 53.6 Å². The molecule has 2 saturated carbocycles. The first kappa shape index (κ1) is 14.6. The maximum absolute atomic E-state index is 4.42. The lowest BCUT2D eigenvalue weighted by Gasteiger charge is -2.58. The second kappa shape index (κ2) is 5.16. The second-order valence-corrected chi connectivity index (χ2v) is 6.98. The molecule has 0 heteroatoms. The van der Waals surface area contributed by atoms with Gasteiger partial charge in [0, 0.05) is 5.41 Å². The molecule has 1 aromatic rings. The van der Waals surface area contributed by atoms with Crippen LogP contribution in [-0.4, -0.2) is 0 Å². The average molecular weight is 280 g/mol. The van der Waals surface area contributed by atoms with E-state index in [4.69, 9.17) is 0 Å². The van der Waals surface area contributed by atoms with Gasteiger partial charge < -0.3 is 0 Å². The first-order valence-electron chi connectivity index (χ1n) is 8.61. The minimum atomic E-state index is 0.394. The highest BCUT2D eigenvalue weighted by molar-refractivity contribution is 5.60. The molecule has 1 spiro atoms. The predicted octanol–water partition coefficient (Wildman–Crippen LogP) is 6.13. The van der Waals surface area contributed by atoms with Gasteiger partial charge in [-0.2, -0.15) is 0 Å². The van der Waals surface area contributed by atoms with Gasteiger partial charge in [0.1, 0.15) is 0 Å². The maximum Gasteiger partial charge on any atom is 0.00782 e. The highest BCUT2D eigenvalue weighted by atomic mass is 14.7. The number of fused-ring (bicyclic) bond motifs is 1. The molecule has 0 radical (unpaired) electrons. The van der Waals surface area contributed by atoms with E-state index in [2.05, 4.69) is 49.9 Å². The highest BCUT2D eigenvalue weighted by Crippen LogP contribution is 2.71. The van der Waals surface area contributed by atoms with Gasteiger partial charge in [-0.05, 0) is 54.6 Å². The zero-order valence-electron chi connectivity index (χ0n) is 13.8. The van der Waals surface area contributed by atoms with Crippen LogP contribution in [0.1, 0.15) is 64.0 Å². The Kier molecular flexibility index (Phi) is 3.59. The van der Waals surface area contributed by atoms with E-state index in [-0.39, 0.29) is 0 Å². The summed E-state index contributed by atoms with van der Waals surface area (Å²) in [6, 6.07) is 9.08. The maximum atomic E-state index is 4.42. The second-order valence-electron chi connectivity index (χ2n) is 6.98. The van der Waals surface area contributed by atoms with Gasteiger partial charge in [0.25, 0.3) is 0 Å². The molecule has 1 aromatic carbocycles. The summed E-state index contributed by atoms with van der Waals surface area (Å²) in [5.41, 5.74) is 5.43. The molecular weight excluding hydrogens is 252 g/mol. The van der Waals surface area contributed by atoms with Crippen molar-refractivity contribution in [1.29, 1.82) is 0 Å². The third-order valence-electron chi connectivity index (χ3n) is 6.34. The Hall–Kier alpha value is -1.30. The predicted molar refractivity (Wildman–Crippen MR) is 92.3 cm³/mol. The molecule has 2 fully saturated rings. The lowest BCUT2D eigenvalue weighted by molar-refractivity contribution is 0.0207. The molecule has 112 valence electrons. The van der Waals surface area contributed by atoms with Crippen molar-refractivity contribution in [1.82, 2.24) is 0 Å². The smallest absolute Gasteiger partial charge is 0.00782 e. The van der Waals surface area contributed by atoms with Crippen molar-refractivity contribution in [2.45, 2.75) is 58.3 Å². The first-order valence-corrected chi connectivity index (χ1v) is 8.61. The minimum Gasteiger partial charge on any atom is -0.0992 e. The Morgan fingerprint density at radius 2 is 1.86 bits per heavy atom. The van der Waals surface area contributed by atoms with Crippen LogP contribution in [0, 0.1) is 11.3 Å². The van der Waals surface area contributed by atoms with Crippen LogP contribution in [0.5, 0.6) is 0 Å². The van der Waals surface area contributed by atoms with Crippen molar-refractivity contribution < 1.29 is 0 Å². The van der Waals surface area contributed by atoms with Crippen LogP contribution in [0.4, 0.5) is 0 Å². The van der Waals surface area contributed by atoms with E-state index < -0.39 is 0 Å². The lowest BCUT2D eigenvalue weighted by atomic mass is 9.45. The summed E-state index contributed by atoms with van der Waals surface area (Å²) in [5.74, 6) is 0.706. The van der Waals surface area contributed by atoms with Crippen molar-refractivity contribution >= 4 is 6.08 Å². The van der Waals surface area contributed by atoms with E-state index in [0.29, 0.717) is 16.7 Å². The molecule has 21 heavy (non-hydrogen) atoms. The van der Waals surface area contributed by atoms with E-state index in [1.807, 2.05) is 13.8 Å². The third kappa shape index (κ3) is 1.81. The van der Waals surface area contributed by atoms with Gasteiger partial charge in [-0.15, -0.1) is 0 Å². The zero-order valence-corrected chi connectivity index (χ0v) is 13.8. The number of hydrogen-bond acceptors (Lipinski definition) is 0. The molecule has 0 bridgehead atoms. The summed E-state index contributed by atoms with van der Waals surface area (Å²) in [6.45, 7) is 10.9. The van der Waals surface area contributed by atoms with Crippen LogP contribution in [0.3, 0.4) is 0 Å². The fraction of sp³-hybridized carbons (Fsp3) is 0.524. The molecule has 0 saturated heterocycles. The molecule has 3 unspecified atom stereocenters. The summed E-state index contributed by atoms with van der Waals surface area (Å²) >= 11 is 0. The third-order valence-corrected chi connectivity index (χ3v) is 6.34. The van der Waals surface area contributed by atoms with Crippen LogP contribution in [0.15, 0.2) is 42.5 Å². The van der Waals surface area contributed by atoms with Crippen molar-refractivity contribution in [2.24, 2.45) is 11.3 Å². The van der Waals surface area contributed by atoms with Gasteiger partial charge in [0.05, 0.1) is 0 Å². The minimum absolute atomic E-state index is 0.394. The fourth-order valence-electron chi connectivity index (χ4n) is 5.20. The van der Waals surface area contributed by atoms with Crippen molar-refractivity contribution in [3.8, 4) is 0 Å². The number of hydrogen-bond donors (Lipinski definition) is 0. The van der Waals surface area contributed by atoms with Gasteiger partial charge in [-0.3, -0.25) is 0 Å². The Labute approximate surface area is 130 Å². The molecule has 3 aliphatic rings. The SMILES string of the molecule is C=C1CC=Cc2ccccc2C23CCC2(C)CCC13.CC. The highest BCUT2D eigenvalue weighted by Gasteiger charge is 2.64. The Morgan fingerprint density at radius 3 is 2.57 bits per heavy atom. The monoisotopic (exact) mass is 280 g/mol. The molecule has 0 nitrogen and oxygen atoms in total. The fourth-order valence-corrected chi connectivity index (χ4v) is 5.20. The molecular formula is C21H28. The van der Waals surface area contributed by atoms with Crippen LogP contribution >= 0.6 is 0 Å². The summed E-state index contributed by atoms with van der Waals surface area (Å²) in [6.07, 6.45) is 11.2. The van der Waals surface area contributed by atoms with Crippen LogP contribution in [0.2, 0.25) is 0 Å². The molecule has 4 rings (SSSR count). The van der Waals surface area contributed by atoms with Crippen molar-refractivity contribution in [2.75, 3.05) is 0 Å². The van der Waals surface area contributed by atoms with Crippen LogP contribution in [-0.2, 0) is 5.41 Å². The summed E-state index contributed by atoms with van der Waals surface area (Å²) < 4.78 is 0. The number of rotatable bonds is 0. The molecule has 3 atom stereocenters. The molecule has 3 aliphatic carbocycles. The Balaban J connectivity index is 0.000000636. The Morgan fingerprint density at radius 1 is 1.10 bits per heavy atom. The number of allylic oxidation sites excluding steroid dienone is 2. The Bertz CT molecular complexity index is 579. The van der Waals surface area contributed by atoms with E-state index in [1.165, 1.54) is 36.8 Å². The molecule has 0 heterocycles. The van der Waals surface area contributed by atoms with Crippen LogP contribution in [0.25, 0.3) is 6.08 Å². The van der Waals surface area contributed by atoms with Gasteiger partial charge in [-0.25, -0.2) is 0 Å². The van der Waals surface area contributed by atoms with Crippen molar-refractivity contribution in [3.63, 3.8) is 0 Å². The van der Waals surface area contributed by atoms with Gasteiger partial charge >= 0.3 is 0 Å². The number of benzene rings is 1. The van der Waals surface area contributed by atoms with E-state index in [0.717, 1.165) is 6.42 Å². The molecule has 0 aromatic heterocycles. The van der Waals surface area contributed by atoms with E-state index >= 15 is 0 Å². The summed E-state index contributed by atoms with van der Waals surface area (Å²) in [4.78, 5) is 0. The summed E-state index contributed by atoms with van der Waals surface area (Å²) in [5, 5.41) is 0. The van der Waals surface area contributed by atoms with E-state index in [1.54, 1.807) is 5.56 Å². The standard InChI is InChI=1S/C19H22.C2H6/c1-14-6-5-8-15-7-3-4-9-17(15)19-13-12-18(19,2)11-10-16(14)19;1-2/h3-5,7-9,16H,1,6,10-13H2,2H3;1-2H3. The molecule has 0 aliphatic heterocycles. The summed E-state index contributed by atoms with van der Waals surface area (Å²) in [7, 11) is 0. The average Bonchev–Trinajstić information content (AvgIpc) is 2.69. The normalized spacial score (nSPS) is 36.1. The van der Waals surface area contributed by atoms with Gasteiger partial charge in [0.15, 0.2) is 0 Å². The zero-order chi connectivity index (χ0) is 15.1. The largest absolute Gasteiger partial charge is 0.0992 e. The van der Waals surface area contributed by atoms with Gasteiger partial charge in [0.2, 0.25) is 0 Å². The van der Waals surface area contributed by atoms with E-state index in [9.17, 15) is 0 Å². The molecule has 0 amide bonds. The first-order chi connectivity index (χ1) is 10.2. The van der Waals surface area contributed by atoms with Crippen LogP contribution < -0.4 is 0 Å².